The summed E-state index contributed by atoms with van der Waals surface area (Å²) in [5, 5.41) is 8.91. The molecule has 0 aliphatic rings. The highest BCUT2D eigenvalue weighted by Crippen LogP contribution is 2.08. The molecule has 1 aromatic heterocycles. The van der Waals surface area contributed by atoms with E-state index in [1.54, 1.807) is 30.3 Å². The van der Waals surface area contributed by atoms with Gasteiger partial charge in [0.2, 0.25) is 0 Å². The molecule has 3 N–H and O–H groups in total. The molecule has 0 saturated carbocycles. The molecule has 0 amide bonds. The molecule has 2 rings (SSSR count). The number of hydrogen-bond acceptors (Lipinski definition) is 5. The zero-order valence-corrected chi connectivity index (χ0v) is 10.2. The first-order chi connectivity index (χ1) is 9.19. The van der Waals surface area contributed by atoms with E-state index in [0.717, 1.165) is 11.1 Å². The topological polar surface area (TPSA) is 85.4 Å². The van der Waals surface area contributed by atoms with Crippen LogP contribution in [0.1, 0.15) is 21.6 Å². The highest BCUT2D eigenvalue weighted by molar-refractivity contribution is 5.87. The standard InChI is InChI=1S/C14H14N2O3/c15-12-5-6-13(16-7-12)14(18)19-9-11-3-1-10(8-17)2-4-11/h1-7,17H,8-9,15H2. The summed E-state index contributed by atoms with van der Waals surface area (Å²) in [5.41, 5.74) is 7.87. The summed E-state index contributed by atoms with van der Waals surface area (Å²) >= 11 is 0. The Hall–Kier alpha value is -2.40. The van der Waals surface area contributed by atoms with Crippen LogP contribution in [-0.4, -0.2) is 16.1 Å². The van der Waals surface area contributed by atoms with E-state index in [9.17, 15) is 4.79 Å². The van der Waals surface area contributed by atoms with Crippen molar-refractivity contribution in [2.75, 3.05) is 5.73 Å². The summed E-state index contributed by atoms with van der Waals surface area (Å²) < 4.78 is 5.12. The Bertz CT molecular complexity index is 550. The van der Waals surface area contributed by atoms with Crippen molar-refractivity contribution in [3.05, 3.63) is 59.4 Å². The quantitative estimate of drug-likeness (QED) is 0.812. The maximum atomic E-state index is 11.7. The minimum Gasteiger partial charge on any atom is -0.456 e. The summed E-state index contributed by atoms with van der Waals surface area (Å²) in [6.07, 6.45) is 1.41. The number of nitrogens with two attached hydrogens (primary N) is 1. The van der Waals surface area contributed by atoms with Gasteiger partial charge in [-0.05, 0) is 23.3 Å². The molecular formula is C14H14N2O3. The predicted octanol–water partition coefficient (Wildman–Crippen LogP) is 1.51. The first-order valence-electron chi connectivity index (χ1n) is 5.76. The number of anilines is 1. The van der Waals surface area contributed by atoms with E-state index in [-0.39, 0.29) is 18.9 Å². The van der Waals surface area contributed by atoms with Crippen molar-refractivity contribution in [2.24, 2.45) is 0 Å². The molecule has 1 heterocycles. The van der Waals surface area contributed by atoms with Crippen LogP contribution >= 0.6 is 0 Å². The first-order valence-corrected chi connectivity index (χ1v) is 5.76. The van der Waals surface area contributed by atoms with Crippen LogP contribution in [0.2, 0.25) is 0 Å². The van der Waals surface area contributed by atoms with E-state index in [1.807, 2.05) is 0 Å². The van der Waals surface area contributed by atoms with Crippen molar-refractivity contribution in [1.82, 2.24) is 4.98 Å². The van der Waals surface area contributed by atoms with Crippen molar-refractivity contribution in [1.29, 1.82) is 0 Å². The summed E-state index contributed by atoms with van der Waals surface area (Å²) in [6, 6.07) is 10.3. The largest absolute Gasteiger partial charge is 0.456 e. The minimum atomic E-state index is -0.494. The van der Waals surface area contributed by atoms with Gasteiger partial charge in [-0.25, -0.2) is 9.78 Å². The molecule has 5 heteroatoms. The van der Waals surface area contributed by atoms with Crippen molar-refractivity contribution in [2.45, 2.75) is 13.2 Å². The molecular weight excluding hydrogens is 244 g/mol. The number of aliphatic hydroxyl groups excluding tert-OH is 1. The van der Waals surface area contributed by atoms with Crippen molar-refractivity contribution in [3.63, 3.8) is 0 Å². The Morgan fingerprint density at radius 2 is 1.84 bits per heavy atom. The predicted molar refractivity (Wildman–Crippen MR) is 70.1 cm³/mol. The molecule has 19 heavy (non-hydrogen) atoms. The van der Waals surface area contributed by atoms with Gasteiger partial charge < -0.3 is 15.6 Å². The van der Waals surface area contributed by atoms with Gasteiger partial charge in [0, 0.05) is 0 Å². The minimum absolute atomic E-state index is 0.00454. The Morgan fingerprint density at radius 1 is 1.16 bits per heavy atom. The van der Waals surface area contributed by atoms with E-state index >= 15 is 0 Å². The fraction of sp³-hybridized carbons (Fsp3) is 0.143. The number of hydrogen-bond donors (Lipinski definition) is 2. The maximum Gasteiger partial charge on any atom is 0.357 e. The molecule has 0 fully saturated rings. The lowest BCUT2D eigenvalue weighted by Crippen LogP contribution is -2.07. The third kappa shape index (κ3) is 3.53. The van der Waals surface area contributed by atoms with Crippen LogP contribution in [0.15, 0.2) is 42.6 Å². The number of ether oxygens (including phenoxy) is 1. The van der Waals surface area contributed by atoms with Crippen molar-refractivity contribution in [3.8, 4) is 0 Å². The summed E-state index contributed by atoms with van der Waals surface area (Å²) in [6.45, 7) is 0.159. The van der Waals surface area contributed by atoms with E-state index in [4.69, 9.17) is 15.6 Å². The molecule has 0 saturated heterocycles. The van der Waals surface area contributed by atoms with Gasteiger partial charge in [0.15, 0.2) is 0 Å². The Labute approximate surface area is 110 Å². The summed E-state index contributed by atoms with van der Waals surface area (Å²) in [7, 11) is 0. The number of nitrogens with zero attached hydrogens (tertiary/aromatic N) is 1. The molecule has 98 valence electrons. The van der Waals surface area contributed by atoms with Gasteiger partial charge in [0.05, 0.1) is 18.5 Å². The molecule has 0 spiro atoms. The molecule has 0 aliphatic carbocycles. The Morgan fingerprint density at radius 3 is 2.42 bits per heavy atom. The van der Waals surface area contributed by atoms with Crippen LogP contribution in [0.4, 0.5) is 5.69 Å². The number of aliphatic hydroxyl groups is 1. The third-order valence-corrected chi connectivity index (χ3v) is 2.57. The van der Waals surface area contributed by atoms with Crippen LogP contribution in [0.25, 0.3) is 0 Å². The lowest BCUT2D eigenvalue weighted by molar-refractivity contribution is 0.0466. The van der Waals surface area contributed by atoms with Crippen molar-refractivity contribution < 1.29 is 14.6 Å². The second-order valence-corrected chi connectivity index (χ2v) is 4.03. The van der Waals surface area contributed by atoms with Gasteiger partial charge in [-0.3, -0.25) is 0 Å². The molecule has 5 nitrogen and oxygen atoms in total. The zero-order chi connectivity index (χ0) is 13.7. The lowest BCUT2D eigenvalue weighted by Gasteiger charge is -2.05. The Balaban J connectivity index is 1.94. The maximum absolute atomic E-state index is 11.7. The van der Waals surface area contributed by atoms with Crippen molar-refractivity contribution >= 4 is 11.7 Å². The van der Waals surface area contributed by atoms with Gasteiger partial charge in [0.1, 0.15) is 12.3 Å². The molecule has 0 atom stereocenters. The average molecular weight is 258 g/mol. The van der Waals surface area contributed by atoms with Crippen LogP contribution in [0.3, 0.4) is 0 Å². The number of rotatable bonds is 4. The summed E-state index contributed by atoms with van der Waals surface area (Å²) in [5.74, 6) is -0.494. The number of esters is 1. The van der Waals surface area contributed by atoms with Gasteiger partial charge in [-0.2, -0.15) is 0 Å². The average Bonchev–Trinajstić information content (AvgIpc) is 2.46. The first kappa shape index (κ1) is 13.0. The monoisotopic (exact) mass is 258 g/mol. The second kappa shape index (κ2) is 5.97. The number of aromatic nitrogens is 1. The van der Waals surface area contributed by atoms with E-state index in [2.05, 4.69) is 4.98 Å². The molecule has 0 bridgehead atoms. The highest BCUT2D eigenvalue weighted by Gasteiger charge is 2.08. The summed E-state index contributed by atoms with van der Waals surface area (Å²) in [4.78, 5) is 15.6. The highest BCUT2D eigenvalue weighted by atomic mass is 16.5. The smallest absolute Gasteiger partial charge is 0.357 e. The van der Waals surface area contributed by atoms with E-state index < -0.39 is 5.97 Å². The van der Waals surface area contributed by atoms with Gasteiger partial charge in [-0.1, -0.05) is 24.3 Å². The van der Waals surface area contributed by atoms with Crippen LogP contribution in [0, 0.1) is 0 Å². The number of carbonyl (C=O) groups excluding carboxylic acids is 1. The lowest BCUT2D eigenvalue weighted by atomic mass is 10.1. The Kier molecular flexibility index (Phi) is 4.10. The number of nitrogen functional groups attached to an aromatic ring is 1. The zero-order valence-electron chi connectivity index (χ0n) is 10.2. The molecule has 0 radical (unpaired) electrons. The molecule has 0 aliphatic heterocycles. The second-order valence-electron chi connectivity index (χ2n) is 4.03. The van der Waals surface area contributed by atoms with E-state index in [0.29, 0.717) is 5.69 Å². The number of benzene rings is 1. The molecule has 2 aromatic rings. The van der Waals surface area contributed by atoms with Gasteiger partial charge >= 0.3 is 5.97 Å². The van der Waals surface area contributed by atoms with Crippen LogP contribution in [-0.2, 0) is 18.0 Å². The normalized spacial score (nSPS) is 10.2. The van der Waals surface area contributed by atoms with E-state index in [1.165, 1.54) is 12.3 Å². The third-order valence-electron chi connectivity index (χ3n) is 2.57. The number of carbonyl (C=O) groups is 1. The SMILES string of the molecule is Nc1ccc(C(=O)OCc2ccc(CO)cc2)nc1. The molecule has 0 unspecified atom stereocenters. The fourth-order valence-electron chi connectivity index (χ4n) is 1.49. The fourth-order valence-corrected chi connectivity index (χ4v) is 1.49. The number of pyridine rings is 1. The van der Waals surface area contributed by atoms with Crippen LogP contribution < -0.4 is 5.73 Å². The van der Waals surface area contributed by atoms with Crippen LogP contribution in [0.5, 0.6) is 0 Å². The molecule has 1 aromatic carbocycles. The van der Waals surface area contributed by atoms with Gasteiger partial charge in [0.25, 0.3) is 0 Å². The van der Waals surface area contributed by atoms with Gasteiger partial charge in [-0.15, -0.1) is 0 Å².